The van der Waals surface area contributed by atoms with Crippen LogP contribution < -0.4 is 16.4 Å². The van der Waals surface area contributed by atoms with Crippen LogP contribution in [0.15, 0.2) is 42.5 Å². The highest BCUT2D eigenvalue weighted by Crippen LogP contribution is 2.26. The fraction of sp³-hybridized carbons (Fsp3) is 0.478. The quantitative estimate of drug-likeness (QED) is 0.639. The van der Waals surface area contributed by atoms with Gasteiger partial charge in [-0.15, -0.1) is 12.4 Å². The zero-order valence-electron chi connectivity index (χ0n) is 17.0. The van der Waals surface area contributed by atoms with E-state index in [9.17, 15) is 9.59 Å². The molecular weight excluding hydrogens is 386 g/mol. The van der Waals surface area contributed by atoms with Gasteiger partial charge in [0, 0.05) is 13.0 Å². The van der Waals surface area contributed by atoms with Crippen LogP contribution in [0.4, 0.5) is 0 Å². The number of hydrogen-bond acceptors (Lipinski definition) is 3. The van der Waals surface area contributed by atoms with E-state index in [0.717, 1.165) is 29.2 Å². The lowest BCUT2D eigenvalue weighted by Gasteiger charge is -2.23. The lowest BCUT2D eigenvalue weighted by atomic mass is 9.87. The number of carbonyl (C=O) groups excluding carboxylic acids is 2. The Balaban J connectivity index is 0.00000300. The van der Waals surface area contributed by atoms with Crippen LogP contribution in [0.5, 0.6) is 0 Å². The molecule has 2 atom stereocenters. The molecule has 158 valence electrons. The van der Waals surface area contributed by atoms with Crippen molar-refractivity contribution in [1.29, 1.82) is 0 Å². The van der Waals surface area contributed by atoms with Gasteiger partial charge in [0.05, 0.1) is 6.04 Å². The first-order valence-corrected chi connectivity index (χ1v) is 10.4. The topological polar surface area (TPSA) is 84.2 Å². The minimum atomic E-state index is -0.578. The third-order valence-electron chi connectivity index (χ3n) is 5.70. The lowest BCUT2D eigenvalue weighted by molar-refractivity contribution is -0.129. The van der Waals surface area contributed by atoms with Crippen molar-refractivity contribution in [1.82, 2.24) is 10.6 Å². The molecule has 4 N–H and O–H groups in total. The first-order chi connectivity index (χ1) is 13.6. The maximum absolute atomic E-state index is 12.6. The normalized spacial score (nSPS) is 16.5. The second-order valence-electron chi connectivity index (χ2n) is 7.90. The first-order valence-electron chi connectivity index (χ1n) is 10.4. The highest BCUT2D eigenvalue weighted by atomic mass is 35.5. The van der Waals surface area contributed by atoms with Crippen molar-refractivity contribution >= 4 is 35.0 Å². The number of hydrogen-bond donors (Lipinski definition) is 3. The van der Waals surface area contributed by atoms with Crippen LogP contribution in [0, 0.1) is 5.92 Å². The molecule has 2 aromatic rings. The van der Waals surface area contributed by atoms with Gasteiger partial charge in [0.25, 0.3) is 0 Å². The van der Waals surface area contributed by atoms with Gasteiger partial charge >= 0.3 is 0 Å². The molecule has 0 saturated heterocycles. The van der Waals surface area contributed by atoms with Crippen LogP contribution >= 0.6 is 12.4 Å². The monoisotopic (exact) mass is 417 g/mol. The Kier molecular flexibility index (Phi) is 8.93. The summed E-state index contributed by atoms with van der Waals surface area (Å²) in [5.74, 6) is 0.212. The molecule has 29 heavy (non-hydrogen) atoms. The van der Waals surface area contributed by atoms with E-state index in [2.05, 4.69) is 22.8 Å². The van der Waals surface area contributed by atoms with Gasteiger partial charge in [-0.1, -0.05) is 55.7 Å². The number of nitrogens with one attached hydrogen (secondary N) is 2. The Morgan fingerprint density at radius 3 is 2.41 bits per heavy atom. The highest BCUT2D eigenvalue weighted by molar-refractivity contribution is 5.88. The summed E-state index contributed by atoms with van der Waals surface area (Å²) < 4.78 is 0. The summed E-state index contributed by atoms with van der Waals surface area (Å²) in [6, 6.07) is 13.3. The van der Waals surface area contributed by atoms with Crippen molar-refractivity contribution in [3.8, 4) is 0 Å². The summed E-state index contributed by atoms with van der Waals surface area (Å²) in [7, 11) is 0. The maximum Gasteiger partial charge on any atom is 0.242 e. The number of rotatable bonds is 7. The van der Waals surface area contributed by atoms with Crippen molar-refractivity contribution in [3.05, 3.63) is 48.0 Å². The van der Waals surface area contributed by atoms with Crippen molar-refractivity contribution in [2.75, 3.05) is 6.54 Å². The predicted molar refractivity (Wildman–Crippen MR) is 120 cm³/mol. The number of benzene rings is 2. The predicted octanol–water partition coefficient (Wildman–Crippen LogP) is 3.85. The van der Waals surface area contributed by atoms with E-state index >= 15 is 0 Å². The molecule has 6 heteroatoms. The van der Waals surface area contributed by atoms with Crippen LogP contribution in [-0.2, 0) is 9.59 Å². The highest BCUT2D eigenvalue weighted by Gasteiger charge is 2.22. The Morgan fingerprint density at radius 1 is 1.03 bits per heavy atom. The van der Waals surface area contributed by atoms with Gasteiger partial charge in [-0.3, -0.25) is 9.59 Å². The molecule has 3 rings (SSSR count). The van der Waals surface area contributed by atoms with E-state index in [1.165, 1.54) is 19.3 Å². The zero-order valence-corrected chi connectivity index (χ0v) is 17.8. The molecule has 1 aliphatic rings. The van der Waals surface area contributed by atoms with Crippen LogP contribution in [0.3, 0.4) is 0 Å². The fourth-order valence-electron chi connectivity index (χ4n) is 4.02. The number of amides is 2. The molecule has 2 unspecified atom stereocenters. The van der Waals surface area contributed by atoms with E-state index in [1.807, 2.05) is 30.3 Å². The number of nitrogens with two attached hydrogens (primary N) is 1. The van der Waals surface area contributed by atoms with Crippen LogP contribution in [0.1, 0.15) is 57.1 Å². The van der Waals surface area contributed by atoms with E-state index in [0.29, 0.717) is 18.9 Å². The van der Waals surface area contributed by atoms with Crippen molar-refractivity contribution in [2.24, 2.45) is 11.7 Å². The molecule has 2 amide bonds. The Morgan fingerprint density at radius 2 is 1.72 bits per heavy atom. The minimum Gasteiger partial charge on any atom is -0.346 e. The largest absolute Gasteiger partial charge is 0.346 e. The van der Waals surface area contributed by atoms with E-state index in [1.54, 1.807) is 6.92 Å². The van der Waals surface area contributed by atoms with Gasteiger partial charge in [0.1, 0.15) is 6.04 Å². The van der Waals surface area contributed by atoms with Gasteiger partial charge in [-0.25, -0.2) is 0 Å². The van der Waals surface area contributed by atoms with Gasteiger partial charge in [-0.05, 0) is 48.1 Å². The van der Waals surface area contributed by atoms with Crippen molar-refractivity contribution in [2.45, 2.75) is 57.5 Å². The summed E-state index contributed by atoms with van der Waals surface area (Å²) in [6.07, 6.45) is 6.43. The average Bonchev–Trinajstić information content (AvgIpc) is 2.72. The van der Waals surface area contributed by atoms with Gasteiger partial charge in [-0.2, -0.15) is 0 Å². The minimum absolute atomic E-state index is 0. The van der Waals surface area contributed by atoms with E-state index in [4.69, 9.17) is 5.73 Å². The molecule has 5 nitrogen and oxygen atoms in total. The van der Waals surface area contributed by atoms with Gasteiger partial charge < -0.3 is 16.4 Å². The van der Waals surface area contributed by atoms with Gasteiger partial charge in [0.2, 0.25) is 11.8 Å². The molecule has 0 bridgehead atoms. The molecule has 2 aromatic carbocycles. The SMILES string of the molecule is CC(NC(=O)CC1CCCCC1)C(=O)NC(CN)c1ccc2ccccc2c1.Cl. The molecule has 0 radical (unpaired) electrons. The fourth-order valence-corrected chi connectivity index (χ4v) is 4.02. The summed E-state index contributed by atoms with van der Waals surface area (Å²) in [4.78, 5) is 24.9. The third-order valence-corrected chi connectivity index (χ3v) is 5.70. The first kappa shape index (κ1) is 23.2. The van der Waals surface area contributed by atoms with E-state index < -0.39 is 6.04 Å². The molecule has 0 aliphatic heterocycles. The Labute approximate surface area is 179 Å². The molecular formula is C23H32ClN3O2. The second-order valence-corrected chi connectivity index (χ2v) is 7.90. The molecule has 1 aliphatic carbocycles. The third kappa shape index (κ3) is 6.44. The van der Waals surface area contributed by atoms with Crippen LogP contribution in [0.2, 0.25) is 0 Å². The summed E-state index contributed by atoms with van der Waals surface area (Å²) in [5, 5.41) is 8.09. The second kappa shape index (κ2) is 11.2. The van der Waals surface area contributed by atoms with E-state index in [-0.39, 0.29) is 30.3 Å². The zero-order chi connectivity index (χ0) is 19.9. The number of halogens is 1. The van der Waals surface area contributed by atoms with Crippen molar-refractivity contribution < 1.29 is 9.59 Å². The smallest absolute Gasteiger partial charge is 0.242 e. The standard InChI is InChI=1S/C23H31N3O2.ClH/c1-16(25-22(27)13-17-7-3-2-4-8-17)23(28)26-21(15-24)20-12-11-18-9-5-6-10-19(18)14-20;/h5-6,9-12,14,16-17,21H,2-4,7-8,13,15,24H2,1H3,(H,25,27)(H,26,28);1H. The van der Waals surface area contributed by atoms with Crippen LogP contribution in [0.25, 0.3) is 10.8 Å². The van der Waals surface area contributed by atoms with Gasteiger partial charge in [0.15, 0.2) is 0 Å². The molecule has 1 saturated carbocycles. The maximum atomic E-state index is 12.6. The van der Waals surface area contributed by atoms with Crippen molar-refractivity contribution in [3.63, 3.8) is 0 Å². The summed E-state index contributed by atoms with van der Waals surface area (Å²) in [5.41, 5.74) is 6.89. The molecule has 1 fully saturated rings. The average molecular weight is 418 g/mol. The molecule has 0 aromatic heterocycles. The number of carbonyl (C=O) groups is 2. The number of fused-ring (bicyclic) bond motifs is 1. The Bertz CT molecular complexity index is 821. The summed E-state index contributed by atoms with van der Waals surface area (Å²) in [6.45, 7) is 2.02. The van der Waals surface area contributed by atoms with Crippen LogP contribution in [-0.4, -0.2) is 24.4 Å². The lowest BCUT2D eigenvalue weighted by Crippen LogP contribution is -2.47. The molecule has 0 spiro atoms. The Hall–Kier alpha value is -2.11. The molecule has 0 heterocycles. The summed E-state index contributed by atoms with van der Waals surface area (Å²) >= 11 is 0.